The van der Waals surface area contributed by atoms with Crippen molar-refractivity contribution in [1.29, 1.82) is 0 Å². The number of rotatable bonds is 2. The molecule has 0 spiro atoms. The maximum absolute atomic E-state index is 12.3. The number of nitrogens with zero attached hydrogens (tertiary/aromatic N) is 1. The molecule has 0 aliphatic carbocycles. The Labute approximate surface area is 134 Å². The molecule has 1 aromatic rings. The van der Waals surface area contributed by atoms with Gasteiger partial charge >= 0.3 is 0 Å². The van der Waals surface area contributed by atoms with Gasteiger partial charge in [-0.25, -0.2) is 0 Å². The highest BCUT2D eigenvalue weighted by molar-refractivity contribution is 6.44. The third-order valence-electron chi connectivity index (χ3n) is 3.52. The first-order chi connectivity index (χ1) is 9.70. The van der Waals surface area contributed by atoms with Crippen LogP contribution in [0.15, 0.2) is 18.2 Å². The van der Waals surface area contributed by atoms with E-state index < -0.39 is 0 Å². The molecule has 114 valence electrons. The Balaban J connectivity index is 2.09. The molecule has 1 aliphatic rings. The average Bonchev–Trinajstić information content (AvgIpc) is 2.77. The van der Waals surface area contributed by atoms with E-state index >= 15 is 0 Å². The molecule has 1 atom stereocenters. The summed E-state index contributed by atoms with van der Waals surface area (Å²) in [7, 11) is 0. The molecule has 2 amide bonds. The van der Waals surface area contributed by atoms with Crippen LogP contribution in [0, 0.1) is 5.92 Å². The van der Waals surface area contributed by atoms with E-state index in [-0.39, 0.29) is 29.7 Å². The van der Waals surface area contributed by atoms with Crippen molar-refractivity contribution < 1.29 is 9.59 Å². The second-order valence-electron chi connectivity index (χ2n) is 6.17. The number of benzene rings is 1. The third kappa shape index (κ3) is 3.50. The van der Waals surface area contributed by atoms with Crippen molar-refractivity contribution in [2.24, 2.45) is 5.92 Å². The molecule has 0 bridgehead atoms. The van der Waals surface area contributed by atoms with Crippen LogP contribution in [0.4, 0.5) is 5.69 Å². The SMILES string of the molecule is CC(C)(C)N1C[C@H](C(=O)Nc2cccc(Cl)c2Cl)CC1=O. The lowest BCUT2D eigenvalue weighted by atomic mass is 10.1. The van der Waals surface area contributed by atoms with Crippen LogP contribution in [0.3, 0.4) is 0 Å². The Kier molecular flexibility index (Phi) is 4.49. The van der Waals surface area contributed by atoms with Crippen LogP contribution in [0.2, 0.25) is 10.0 Å². The van der Waals surface area contributed by atoms with Crippen molar-refractivity contribution in [2.75, 3.05) is 11.9 Å². The number of anilines is 1. The fraction of sp³-hybridized carbons (Fsp3) is 0.467. The number of hydrogen-bond acceptors (Lipinski definition) is 2. The molecule has 1 fully saturated rings. The smallest absolute Gasteiger partial charge is 0.229 e. The Bertz CT molecular complexity index is 582. The van der Waals surface area contributed by atoms with Gasteiger partial charge in [0.15, 0.2) is 0 Å². The summed E-state index contributed by atoms with van der Waals surface area (Å²) >= 11 is 12.0. The number of carbonyl (C=O) groups excluding carboxylic acids is 2. The monoisotopic (exact) mass is 328 g/mol. The van der Waals surface area contributed by atoms with Crippen molar-refractivity contribution in [1.82, 2.24) is 4.90 Å². The van der Waals surface area contributed by atoms with Crippen molar-refractivity contribution in [3.8, 4) is 0 Å². The summed E-state index contributed by atoms with van der Waals surface area (Å²) in [4.78, 5) is 26.0. The molecular weight excluding hydrogens is 311 g/mol. The molecule has 0 unspecified atom stereocenters. The molecule has 1 heterocycles. The normalized spacial score (nSPS) is 19.0. The predicted molar refractivity (Wildman–Crippen MR) is 84.7 cm³/mol. The Hall–Kier alpha value is -1.26. The highest BCUT2D eigenvalue weighted by Crippen LogP contribution is 2.31. The number of nitrogens with one attached hydrogen (secondary N) is 1. The summed E-state index contributed by atoms with van der Waals surface area (Å²) in [6.07, 6.45) is 0.224. The van der Waals surface area contributed by atoms with Crippen LogP contribution < -0.4 is 5.32 Å². The van der Waals surface area contributed by atoms with E-state index in [1.165, 1.54) is 0 Å². The van der Waals surface area contributed by atoms with E-state index in [4.69, 9.17) is 23.2 Å². The van der Waals surface area contributed by atoms with Gasteiger partial charge < -0.3 is 10.2 Å². The molecule has 1 aliphatic heterocycles. The van der Waals surface area contributed by atoms with Crippen molar-refractivity contribution in [3.05, 3.63) is 28.2 Å². The Morgan fingerprint density at radius 2 is 2.00 bits per heavy atom. The number of carbonyl (C=O) groups is 2. The maximum Gasteiger partial charge on any atom is 0.229 e. The maximum atomic E-state index is 12.3. The van der Waals surface area contributed by atoms with Gasteiger partial charge in [0.1, 0.15) is 0 Å². The zero-order chi connectivity index (χ0) is 15.8. The minimum absolute atomic E-state index is 0.000147. The van der Waals surface area contributed by atoms with Crippen LogP contribution in [-0.2, 0) is 9.59 Å². The summed E-state index contributed by atoms with van der Waals surface area (Å²) in [5, 5.41) is 3.44. The van der Waals surface area contributed by atoms with Crippen LogP contribution in [0.25, 0.3) is 0 Å². The fourth-order valence-electron chi connectivity index (χ4n) is 2.37. The number of hydrogen-bond donors (Lipinski definition) is 1. The first kappa shape index (κ1) is 16.1. The molecule has 0 radical (unpaired) electrons. The van der Waals surface area contributed by atoms with Crippen molar-refractivity contribution in [2.45, 2.75) is 32.7 Å². The first-order valence-electron chi connectivity index (χ1n) is 6.75. The summed E-state index contributed by atoms with van der Waals surface area (Å²) in [6, 6.07) is 5.05. The molecule has 1 N–H and O–H groups in total. The number of halogens is 2. The summed E-state index contributed by atoms with van der Waals surface area (Å²) in [5.41, 5.74) is 0.190. The average molecular weight is 329 g/mol. The fourth-order valence-corrected chi connectivity index (χ4v) is 2.71. The summed E-state index contributed by atoms with van der Waals surface area (Å²) in [6.45, 7) is 6.30. The first-order valence-corrected chi connectivity index (χ1v) is 7.51. The molecule has 2 rings (SSSR count). The van der Waals surface area contributed by atoms with Crippen LogP contribution in [-0.4, -0.2) is 28.8 Å². The van der Waals surface area contributed by atoms with Gasteiger partial charge in [0, 0.05) is 18.5 Å². The van der Waals surface area contributed by atoms with E-state index in [1.54, 1.807) is 23.1 Å². The molecule has 0 aromatic heterocycles. The van der Waals surface area contributed by atoms with Crippen molar-refractivity contribution >= 4 is 40.7 Å². The second kappa shape index (κ2) is 5.85. The Morgan fingerprint density at radius 3 is 2.57 bits per heavy atom. The lowest BCUT2D eigenvalue weighted by Crippen LogP contribution is -2.42. The summed E-state index contributed by atoms with van der Waals surface area (Å²) < 4.78 is 0. The molecule has 0 saturated carbocycles. The van der Waals surface area contributed by atoms with Gasteiger partial charge in [-0.15, -0.1) is 0 Å². The molecule has 6 heteroatoms. The van der Waals surface area contributed by atoms with Crippen molar-refractivity contribution in [3.63, 3.8) is 0 Å². The molecule has 1 aromatic carbocycles. The largest absolute Gasteiger partial charge is 0.337 e. The van der Waals surface area contributed by atoms with Crippen LogP contribution in [0.1, 0.15) is 27.2 Å². The zero-order valence-corrected chi connectivity index (χ0v) is 13.8. The van der Waals surface area contributed by atoms with Gasteiger partial charge in [-0.1, -0.05) is 29.3 Å². The second-order valence-corrected chi connectivity index (χ2v) is 6.95. The number of amides is 2. The molecule has 1 saturated heterocycles. The van der Waals surface area contributed by atoms with Gasteiger partial charge in [-0.3, -0.25) is 9.59 Å². The third-order valence-corrected chi connectivity index (χ3v) is 4.33. The lowest BCUT2D eigenvalue weighted by Gasteiger charge is -2.31. The zero-order valence-electron chi connectivity index (χ0n) is 12.2. The lowest BCUT2D eigenvalue weighted by molar-refractivity contribution is -0.131. The quantitative estimate of drug-likeness (QED) is 0.902. The predicted octanol–water partition coefficient (Wildman–Crippen LogP) is 3.58. The van der Waals surface area contributed by atoms with Crippen LogP contribution >= 0.6 is 23.2 Å². The minimum atomic E-state index is -0.369. The van der Waals surface area contributed by atoms with E-state index in [0.717, 1.165) is 0 Å². The standard InChI is InChI=1S/C15H18Cl2N2O2/c1-15(2,3)19-8-9(7-12(19)20)14(21)18-11-6-4-5-10(16)13(11)17/h4-6,9H,7-8H2,1-3H3,(H,18,21)/t9-/m1/s1. The minimum Gasteiger partial charge on any atom is -0.337 e. The van der Waals surface area contributed by atoms with Gasteiger partial charge in [0.05, 0.1) is 21.7 Å². The summed E-state index contributed by atoms with van der Waals surface area (Å²) in [5.74, 6) is -0.578. The van der Waals surface area contributed by atoms with Gasteiger partial charge in [-0.05, 0) is 32.9 Å². The van der Waals surface area contributed by atoms with E-state index in [1.807, 2.05) is 20.8 Å². The van der Waals surface area contributed by atoms with E-state index in [9.17, 15) is 9.59 Å². The Morgan fingerprint density at radius 1 is 1.33 bits per heavy atom. The molecule has 21 heavy (non-hydrogen) atoms. The number of likely N-dealkylation sites (tertiary alicyclic amines) is 1. The van der Waals surface area contributed by atoms with Gasteiger partial charge in [0.2, 0.25) is 11.8 Å². The van der Waals surface area contributed by atoms with E-state index in [2.05, 4.69) is 5.32 Å². The van der Waals surface area contributed by atoms with Crippen LogP contribution in [0.5, 0.6) is 0 Å². The highest BCUT2D eigenvalue weighted by Gasteiger charge is 2.39. The molecule has 4 nitrogen and oxygen atoms in total. The van der Waals surface area contributed by atoms with Gasteiger partial charge in [0.25, 0.3) is 0 Å². The van der Waals surface area contributed by atoms with E-state index in [0.29, 0.717) is 22.3 Å². The highest BCUT2D eigenvalue weighted by atomic mass is 35.5. The topological polar surface area (TPSA) is 49.4 Å². The van der Waals surface area contributed by atoms with Gasteiger partial charge in [-0.2, -0.15) is 0 Å². The molecular formula is C15H18Cl2N2O2.